The summed E-state index contributed by atoms with van der Waals surface area (Å²) in [4.78, 5) is 14.7. The minimum Gasteiger partial charge on any atom is -0.492 e. The Morgan fingerprint density at radius 2 is 1.89 bits per heavy atom. The molecule has 0 spiro atoms. The van der Waals surface area contributed by atoms with E-state index in [1.165, 1.54) is 0 Å². The van der Waals surface area contributed by atoms with E-state index in [1.807, 2.05) is 67.5 Å². The molecule has 0 unspecified atom stereocenters. The van der Waals surface area contributed by atoms with Gasteiger partial charge in [0.1, 0.15) is 17.9 Å². The van der Waals surface area contributed by atoms with Crippen molar-refractivity contribution < 1.29 is 13.9 Å². The van der Waals surface area contributed by atoms with Crippen LogP contribution in [-0.2, 0) is 6.54 Å². The van der Waals surface area contributed by atoms with Crippen LogP contribution in [0.25, 0.3) is 16.7 Å². The van der Waals surface area contributed by atoms with E-state index in [9.17, 15) is 4.79 Å². The van der Waals surface area contributed by atoms with Gasteiger partial charge in [-0.25, -0.2) is 0 Å². The lowest BCUT2D eigenvalue weighted by molar-refractivity contribution is 0.0919. The van der Waals surface area contributed by atoms with Crippen molar-refractivity contribution in [2.75, 3.05) is 27.2 Å². The maximum atomic E-state index is 12.6. The van der Waals surface area contributed by atoms with E-state index in [0.717, 1.165) is 16.5 Å². The first kappa shape index (κ1) is 19.5. The van der Waals surface area contributed by atoms with Crippen molar-refractivity contribution in [2.45, 2.75) is 6.54 Å². The number of hydrogen-bond acceptors (Lipinski definition) is 5. The van der Waals surface area contributed by atoms with E-state index in [1.54, 1.807) is 0 Å². The second-order valence-electron chi connectivity index (χ2n) is 6.80. The highest BCUT2D eigenvalue weighted by molar-refractivity contribution is 5.99. The summed E-state index contributed by atoms with van der Waals surface area (Å²) in [6, 6.07) is 15.0. The summed E-state index contributed by atoms with van der Waals surface area (Å²) in [6.07, 6.45) is 0. The lowest BCUT2D eigenvalue weighted by Gasteiger charge is -2.11. The smallest absolute Gasteiger partial charge is 0.287 e. The number of carbonyl (C=O) groups is 1. The second-order valence-corrected chi connectivity index (χ2v) is 6.80. The van der Waals surface area contributed by atoms with Gasteiger partial charge >= 0.3 is 0 Å². The van der Waals surface area contributed by atoms with Crippen molar-refractivity contribution in [3.05, 3.63) is 72.0 Å². The molecule has 0 bridgehead atoms. The second kappa shape index (κ2) is 8.63. The first-order valence-corrected chi connectivity index (χ1v) is 9.06. The van der Waals surface area contributed by atoms with Gasteiger partial charge in [0.15, 0.2) is 5.76 Å². The van der Waals surface area contributed by atoms with Crippen molar-refractivity contribution in [1.29, 1.82) is 0 Å². The fourth-order valence-corrected chi connectivity index (χ4v) is 2.93. The fourth-order valence-electron chi connectivity index (χ4n) is 2.93. The van der Waals surface area contributed by atoms with Crippen LogP contribution < -0.4 is 15.8 Å². The molecule has 1 heterocycles. The van der Waals surface area contributed by atoms with Crippen molar-refractivity contribution >= 4 is 22.6 Å². The van der Waals surface area contributed by atoms with Gasteiger partial charge in [0.2, 0.25) is 0 Å². The molecule has 6 nitrogen and oxygen atoms in total. The lowest BCUT2D eigenvalue weighted by atomic mass is 10.1. The van der Waals surface area contributed by atoms with Crippen molar-refractivity contribution in [3.8, 4) is 5.75 Å². The number of ether oxygens (including phenoxy) is 1. The summed E-state index contributed by atoms with van der Waals surface area (Å²) in [6.45, 7) is 5.03. The van der Waals surface area contributed by atoms with Gasteiger partial charge in [0.25, 0.3) is 5.91 Å². The van der Waals surface area contributed by atoms with Gasteiger partial charge in [-0.1, -0.05) is 24.8 Å². The molecule has 3 aromatic rings. The number of rotatable bonds is 8. The predicted molar refractivity (Wildman–Crippen MR) is 111 cm³/mol. The third-order valence-electron chi connectivity index (χ3n) is 4.26. The first-order valence-electron chi connectivity index (χ1n) is 9.06. The zero-order valence-corrected chi connectivity index (χ0v) is 16.2. The Balaban J connectivity index is 1.61. The molecule has 2 aromatic carbocycles. The van der Waals surface area contributed by atoms with E-state index in [0.29, 0.717) is 42.5 Å². The summed E-state index contributed by atoms with van der Waals surface area (Å²) in [5.74, 6) is 0.809. The molecule has 0 saturated carbocycles. The average Bonchev–Trinajstić information content (AvgIpc) is 3.03. The Kier molecular flexibility index (Phi) is 6.01. The van der Waals surface area contributed by atoms with Crippen LogP contribution in [0.3, 0.4) is 0 Å². The maximum Gasteiger partial charge on any atom is 0.287 e. The van der Waals surface area contributed by atoms with Crippen LogP contribution in [0.5, 0.6) is 5.75 Å². The van der Waals surface area contributed by atoms with Gasteiger partial charge in [0.05, 0.1) is 6.54 Å². The van der Waals surface area contributed by atoms with Crippen molar-refractivity contribution in [1.82, 2.24) is 10.2 Å². The SMILES string of the molecule is C=C(N)c1ccc(OCCNC(=O)c2oc3ccccc3c2CN(C)C)cc1. The van der Waals surface area contributed by atoms with Gasteiger partial charge in [-0.3, -0.25) is 4.79 Å². The third-order valence-corrected chi connectivity index (χ3v) is 4.26. The number of para-hydroxylation sites is 1. The quantitative estimate of drug-likeness (QED) is 0.587. The molecular formula is C22H25N3O3. The number of nitrogens with two attached hydrogens (primary N) is 1. The van der Waals surface area contributed by atoms with Crippen LogP contribution in [0.15, 0.2) is 59.5 Å². The summed E-state index contributed by atoms with van der Waals surface area (Å²) >= 11 is 0. The van der Waals surface area contributed by atoms with Crippen LogP contribution in [-0.4, -0.2) is 38.1 Å². The predicted octanol–water partition coefficient (Wildman–Crippen LogP) is 3.23. The Labute approximate surface area is 164 Å². The molecule has 0 aliphatic rings. The Hall–Kier alpha value is -3.25. The molecule has 0 radical (unpaired) electrons. The molecule has 0 atom stereocenters. The minimum absolute atomic E-state index is 0.244. The molecule has 146 valence electrons. The first-order chi connectivity index (χ1) is 13.5. The van der Waals surface area contributed by atoms with Crippen LogP contribution in [0.1, 0.15) is 21.7 Å². The van der Waals surface area contributed by atoms with E-state index in [2.05, 4.69) is 11.9 Å². The van der Waals surface area contributed by atoms with Gasteiger partial charge in [0, 0.05) is 23.2 Å². The number of carbonyl (C=O) groups excluding carboxylic acids is 1. The largest absolute Gasteiger partial charge is 0.492 e. The van der Waals surface area contributed by atoms with E-state index in [4.69, 9.17) is 14.9 Å². The highest BCUT2D eigenvalue weighted by Crippen LogP contribution is 2.26. The number of amides is 1. The number of furan rings is 1. The molecule has 1 aromatic heterocycles. The molecule has 28 heavy (non-hydrogen) atoms. The van der Waals surface area contributed by atoms with Crippen molar-refractivity contribution in [2.24, 2.45) is 5.73 Å². The number of benzene rings is 2. The molecule has 0 fully saturated rings. The maximum absolute atomic E-state index is 12.6. The zero-order valence-electron chi connectivity index (χ0n) is 16.2. The summed E-state index contributed by atoms with van der Waals surface area (Å²) < 4.78 is 11.5. The Morgan fingerprint density at radius 1 is 1.18 bits per heavy atom. The van der Waals surface area contributed by atoms with Gasteiger partial charge in [-0.2, -0.15) is 0 Å². The van der Waals surface area contributed by atoms with Crippen molar-refractivity contribution in [3.63, 3.8) is 0 Å². The molecule has 6 heteroatoms. The topological polar surface area (TPSA) is 80.7 Å². The molecule has 0 saturated heterocycles. The van der Waals surface area contributed by atoms with Gasteiger partial charge in [-0.15, -0.1) is 0 Å². The molecule has 1 amide bonds. The van der Waals surface area contributed by atoms with Gasteiger partial charge in [-0.05, 0) is 50.0 Å². The van der Waals surface area contributed by atoms with Crippen LogP contribution in [0, 0.1) is 0 Å². The Morgan fingerprint density at radius 3 is 2.57 bits per heavy atom. The third kappa shape index (κ3) is 4.53. The number of nitrogens with one attached hydrogen (secondary N) is 1. The summed E-state index contributed by atoms with van der Waals surface area (Å²) in [5, 5.41) is 3.82. The molecule has 3 N–H and O–H groups in total. The van der Waals surface area contributed by atoms with E-state index in [-0.39, 0.29) is 5.91 Å². The molecule has 0 aliphatic carbocycles. The number of nitrogens with zero attached hydrogens (tertiary/aromatic N) is 1. The fraction of sp³-hybridized carbons (Fsp3) is 0.227. The molecule has 3 rings (SSSR count). The van der Waals surface area contributed by atoms with E-state index < -0.39 is 0 Å². The van der Waals surface area contributed by atoms with Gasteiger partial charge < -0.3 is 25.1 Å². The molecule has 0 aliphatic heterocycles. The highest BCUT2D eigenvalue weighted by Gasteiger charge is 2.20. The lowest BCUT2D eigenvalue weighted by Crippen LogP contribution is -2.29. The Bertz CT molecular complexity index is 974. The van der Waals surface area contributed by atoms with E-state index >= 15 is 0 Å². The van der Waals surface area contributed by atoms with Crippen LogP contribution in [0.4, 0.5) is 0 Å². The monoisotopic (exact) mass is 379 g/mol. The summed E-state index contributed by atoms with van der Waals surface area (Å²) in [7, 11) is 3.92. The number of fused-ring (bicyclic) bond motifs is 1. The standard InChI is InChI=1S/C22H25N3O3/c1-15(23)16-8-10-17(11-9-16)27-13-12-24-22(26)21-19(14-25(2)3)18-6-4-5-7-20(18)28-21/h4-11H,1,12-14,23H2,2-3H3,(H,24,26). The van der Waals surface area contributed by atoms with Crippen LogP contribution in [0.2, 0.25) is 0 Å². The average molecular weight is 379 g/mol. The highest BCUT2D eigenvalue weighted by atomic mass is 16.5. The molecular weight excluding hydrogens is 354 g/mol. The number of hydrogen-bond donors (Lipinski definition) is 2. The zero-order chi connectivity index (χ0) is 20.1. The normalized spacial score (nSPS) is 11.0. The minimum atomic E-state index is -0.244. The van der Waals surface area contributed by atoms with Crippen LogP contribution >= 0.6 is 0 Å². The summed E-state index contributed by atoms with van der Waals surface area (Å²) in [5.41, 5.74) is 8.62.